The molecular formula is C14H18N6O. The molecule has 0 radical (unpaired) electrons. The zero-order valence-corrected chi connectivity index (χ0v) is 11.3. The van der Waals surface area contributed by atoms with Crippen LogP contribution in [0.4, 0.5) is 11.5 Å². The molecule has 110 valence electrons. The largest absolute Gasteiger partial charge is 0.507 e. The van der Waals surface area contributed by atoms with E-state index in [1.807, 2.05) is 0 Å². The minimum atomic E-state index is 0.0104. The average molecular weight is 286 g/mol. The van der Waals surface area contributed by atoms with Crippen LogP contribution in [0.2, 0.25) is 0 Å². The van der Waals surface area contributed by atoms with Crippen LogP contribution in [-0.4, -0.2) is 10.1 Å². The summed E-state index contributed by atoms with van der Waals surface area (Å²) in [6, 6.07) is 6.68. The molecule has 10 N–H and O–H groups in total. The summed E-state index contributed by atoms with van der Waals surface area (Å²) in [6.45, 7) is 0. The van der Waals surface area contributed by atoms with Gasteiger partial charge in [-0.05, 0) is 24.3 Å². The molecule has 1 aromatic heterocycles. The minimum Gasteiger partial charge on any atom is -0.507 e. The molecule has 0 aliphatic heterocycles. The Labute approximate surface area is 122 Å². The molecule has 2 aromatic rings. The maximum Gasteiger partial charge on any atom is 0.127 e. The Morgan fingerprint density at radius 1 is 1.29 bits per heavy atom. The summed E-state index contributed by atoms with van der Waals surface area (Å²) in [5, 5.41) is 11.4. The molecule has 0 amide bonds. The molecule has 0 aliphatic carbocycles. The molecule has 0 aliphatic rings. The molecule has 0 fully saturated rings. The second-order valence-electron chi connectivity index (χ2n) is 4.40. The van der Waals surface area contributed by atoms with E-state index in [4.69, 9.17) is 23.0 Å². The number of hydrogen-bond acceptors (Lipinski definition) is 6. The van der Waals surface area contributed by atoms with E-state index in [1.54, 1.807) is 30.5 Å². The second kappa shape index (κ2) is 5.93. The molecule has 1 aromatic carbocycles. The molecular weight excluding hydrogens is 268 g/mol. The molecule has 0 bridgehead atoms. The standard InChI is InChI=1S/C14H18N6O/c15-4-6-20(18)10-1-2-11(13(21)8-10)12(16)7-9-3-5-19-14(9)17/h1-8,19,21H,15-18H2/b6-4-,12-7-. The smallest absolute Gasteiger partial charge is 0.127 e. The van der Waals surface area contributed by atoms with Gasteiger partial charge >= 0.3 is 0 Å². The van der Waals surface area contributed by atoms with Gasteiger partial charge in [0.25, 0.3) is 0 Å². The van der Waals surface area contributed by atoms with Gasteiger partial charge in [-0.25, -0.2) is 5.84 Å². The molecule has 0 atom stereocenters. The van der Waals surface area contributed by atoms with Gasteiger partial charge in [0.2, 0.25) is 0 Å². The third-order valence-electron chi connectivity index (χ3n) is 2.96. The van der Waals surface area contributed by atoms with E-state index in [1.165, 1.54) is 23.5 Å². The van der Waals surface area contributed by atoms with Crippen LogP contribution in [0.5, 0.6) is 5.75 Å². The monoisotopic (exact) mass is 286 g/mol. The van der Waals surface area contributed by atoms with Crippen molar-refractivity contribution in [2.24, 2.45) is 17.3 Å². The van der Waals surface area contributed by atoms with E-state index in [0.717, 1.165) is 5.56 Å². The van der Waals surface area contributed by atoms with Crippen LogP contribution in [-0.2, 0) is 0 Å². The number of nitrogens with one attached hydrogen (secondary N) is 1. The van der Waals surface area contributed by atoms with E-state index < -0.39 is 0 Å². The number of nitrogen functional groups attached to an aromatic ring is 1. The quantitative estimate of drug-likeness (QED) is 0.363. The Morgan fingerprint density at radius 2 is 2.05 bits per heavy atom. The fourth-order valence-electron chi connectivity index (χ4n) is 1.87. The molecule has 21 heavy (non-hydrogen) atoms. The molecule has 1 heterocycles. The van der Waals surface area contributed by atoms with E-state index in [2.05, 4.69) is 4.98 Å². The van der Waals surface area contributed by atoms with E-state index in [-0.39, 0.29) is 5.75 Å². The van der Waals surface area contributed by atoms with Gasteiger partial charge < -0.3 is 27.3 Å². The Morgan fingerprint density at radius 3 is 2.62 bits per heavy atom. The summed E-state index contributed by atoms with van der Waals surface area (Å²) >= 11 is 0. The Balaban J connectivity index is 2.33. The third-order valence-corrected chi connectivity index (χ3v) is 2.96. The number of nitrogens with zero attached hydrogens (tertiary/aromatic N) is 1. The average Bonchev–Trinajstić information content (AvgIpc) is 2.84. The Kier molecular flexibility index (Phi) is 4.05. The molecule has 0 saturated carbocycles. The van der Waals surface area contributed by atoms with Crippen molar-refractivity contribution < 1.29 is 5.11 Å². The first-order chi connectivity index (χ1) is 10.0. The Hall–Kier alpha value is -3.06. The summed E-state index contributed by atoms with van der Waals surface area (Å²) < 4.78 is 0. The highest BCUT2D eigenvalue weighted by Gasteiger charge is 2.08. The van der Waals surface area contributed by atoms with Gasteiger partial charge in [0, 0.05) is 41.5 Å². The third kappa shape index (κ3) is 3.10. The number of rotatable bonds is 4. The number of aromatic hydroxyl groups is 1. The maximum absolute atomic E-state index is 10.1. The van der Waals surface area contributed by atoms with Gasteiger partial charge in [0.1, 0.15) is 11.6 Å². The normalized spacial score (nSPS) is 12.0. The van der Waals surface area contributed by atoms with Crippen molar-refractivity contribution in [1.29, 1.82) is 0 Å². The predicted molar refractivity (Wildman–Crippen MR) is 85.4 cm³/mol. The highest BCUT2D eigenvalue weighted by Crippen LogP contribution is 2.28. The minimum absolute atomic E-state index is 0.0104. The van der Waals surface area contributed by atoms with Crippen LogP contribution >= 0.6 is 0 Å². The molecule has 0 saturated heterocycles. The fraction of sp³-hybridized carbons (Fsp3) is 0. The van der Waals surface area contributed by atoms with Crippen molar-refractivity contribution in [1.82, 2.24) is 4.98 Å². The lowest BCUT2D eigenvalue weighted by Gasteiger charge is -2.15. The number of H-pyrrole nitrogens is 1. The van der Waals surface area contributed by atoms with Crippen LogP contribution in [0.25, 0.3) is 11.8 Å². The van der Waals surface area contributed by atoms with Crippen LogP contribution in [0.1, 0.15) is 11.1 Å². The zero-order chi connectivity index (χ0) is 15.4. The lowest BCUT2D eigenvalue weighted by Crippen LogP contribution is -2.24. The maximum atomic E-state index is 10.1. The fourth-order valence-corrected chi connectivity index (χ4v) is 1.87. The van der Waals surface area contributed by atoms with E-state index in [9.17, 15) is 5.11 Å². The van der Waals surface area contributed by atoms with Crippen LogP contribution < -0.4 is 28.1 Å². The van der Waals surface area contributed by atoms with Gasteiger partial charge in [-0.2, -0.15) is 0 Å². The second-order valence-corrected chi connectivity index (χ2v) is 4.40. The van der Waals surface area contributed by atoms with Gasteiger partial charge in [-0.3, -0.25) is 5.01 Å². The highest BCUT2D eigenvalue weighted by atomic mass is 16.3. The topological polar surface area (TPSA) is 143 Å². The number of anilines is 2. The molecule has 7 nitrogen and oxygen atoms in total. The number of aromatic amines is 1. The predicted octanol–water partition coefficient (Wildman–Crippen LogP) is 0.869. The lowest BCUT2D eigenvalue weighted by molar-refractivity contribution is 0.473. The van der Waals surface area contributed by atoms with Crippen molar-refractivity contribution in [2.75, 3.05) is 10.7 Å². The SMILES string of the molecule is N/C=C\N(N)c1ccc(/C(N)=C/c2cc[nH]c2N)c(O)c1. The lowest BCUT2D eigenvalue weighted by atomic mass is 10.1. The van der Waals surface area contributed by atoms with Crippen molar-refractivity contribution in [3.8, 4) is 5.75 Å². The Bertz CT molecular complexity index is 689. The first-order valence-corrected chi connectivity index (χ1v) is 6.18. The zero-order valence-electron chi connectivity index (χ0n) is 11.3. The van der Waals surface area contributed by atoms with Crippen molar-refractivity contribution in [3.63, 3.8) is 0 Å². The number of benzene rings is 1. The summed E-state index contributed by atoms with van der Waals surface area (Å²) in [4.78, 5) is 2.85. The summed E-state index contributed by atoms with van der Waals surface area (Å²) in [6.07, 6.45) is 6.16. The van der Waals surface area contributed by atoms with E-state index >= 15 is 0 Å². The first kappa shape index (κ1) is 14.4. The van der Waals surface area contributed by atoms with Gasteiger partial charge in [-0.15, -0.1) is 0 Å². The first-order valence-electron chi connectivity index (χ1n) is 6.18. The van der Waals surface area contributed by atoms with Gasteiger partial charge in [0.05, 0.1) is 5.69 Å². The molecule has 0 unspecified atom stereocenters. The number of aromatic nitrogens is 1. The molecule has 2 rings (SSSR count). The summed E-state index contributed by atoms with van der Waals surface area (Å²) in [5.41, 5.74) is 19.2. The number of hydrogen-bond donors (Lipinski definition) is 6. The number of phenols is 1. The highest BCUT2D eigenvalue weighted by molar-refractivity contribution is 5.85. The van der Waals surface area contributed by atoms with E-state index in [0.29, 0.717) is 22.8 Å². The van der Waals surface area contributed by atoms with Crippen LogP contribution in [0.3, 0.4) is 0 Å². The number of hydrazine groups is 1. The molecule has 0 spiro atoms. The van der Waals surface area contributed by atoms with Gasteiger partial charge in [-0.1, -0.05) is 0 Å². The van der Waals surface area contributed by atoms with Crippen LogP contribution in [0.15, 0.2) is 42.9 Å². The number of nitrogens with two attached hydrogens (primary N) is 4. The summed E-state index contributed by atoms with van der Waals surface area (Å²) in [7, 11) is 0. The van der Waals surface area contributed by atoms with Crippen molar-refractivity contribution >= 4 is 23.3 Å². The van der Waals surface area contributed by atoms with Crippen molar-refractivity contribution in [3.05, 3.63) is 54.0 Å². The van der Waals surface area contributed by atoms with Crippen LogP contribution in [0, 0.1) is 0 Å². The summed E-state index contributed by atoms with van der Waals surface area (Å²) in [5.74, 6) is 6.24. The van der Waals surface area contributed by atoms with Crippen molar-refractivity contribution in [2.45, 2.75) is 0 Å². The van der Waals surface area contributed by atoms with Gasteiger partial charge in [0.15, 0.2) is 0 Å². The number of phenolic OH excluding ortho intramolecular Hbond substituents is 1. The molecule has 7 heteroatoms.